The van der Waals surface area contributed by atoms with Crippen molar-refractivity contribution in [2.45, 2.75) is 83.9 Å². The predicted molar refractivity (Wildman–Crippen MR) is 140 cm³/mol. The lowest BCUT2D eigenvalue weighted by atomic mass is 9.84. The zero-order valence-electron chi connectivity index (χ0n) is 22.1. The summed E-state index contributed by atoms with van der Waals surface area (Å²) >= 11 is 0. The number of carbonyl (C=O) groups is 2. The van der Waals surface area contributed by atoms with Gasteiger partial charge < -0.3 is 19.5 Å². The summed E-state index contributed by atoms with van der Waals surface area (Å²) in [5.41, 5.74) is 2.02. The summed E-state index contributed by atoms with van der Waals surface area (Å²) in [6.07, 6.45) is 3.72. The molecule has 1 saturated carbocycles. The number of likely N-dealkylation sites (tertiary alicyclic amines) is 1. The smallest absolute Gasteiger partial charge is 0.295 e. The molecule has 1 saturated heterocycles. The van der Waals surface area contributed by atoms with Crippen LogP contribution in [0.2, 0.25) is 0 Å². The Hall–Kier alpha value is -3.28. The Bertz CT molecular complexity index is 1180. The summed E-state index contributed by atoms with van der Waals surface area (Å²) in [5.74, 6) is 0.0163. The molecule has 2 fully saturated rings. The molecule has 0 radical (unpaired) electrons. The Morgan fingerprint density at radius 2 is 1.75 bits per heavy atom. The van der Waals surface area contributed by atoms with Crippen LogP contribution in [0.1, 0.15) is 83.0 Å². The third-order valence-electron chi connectivity index (χ3n) is 7.02. The fourth-order valence-corrected chi connectivity index (χ4v) is 5.36. The number of amides is 1. The molecule has 2 aliphatic rings. The minimum atomic E-state index is -0.677. The average molecular weight is 492 g/mol. The SMILES string of the molecule is COc1ccc(/C(O)=C2\C(=O)C(=O)N(C3CCCC3)C2c2cccc(OC(C)C)c2)cc1C(C)(C)C. The molecule has 2 aromatic carbocycles. The summed E-state index contributed by atoms with van der Waals surface area (Å²) in [6.45, 7) is 10.1. The minimum Gasteiger partial charge on any atom is -0.507 e. The second kappa shape index (κ2) is 10.00. The largest absolute Gasteiger partial charge is 0.507 e. The van der Waals surface area contributed by atoms with E-state index in [4.69, 9.17) is 9.47 Å². The first-order valence-corrected chi connectivity index (χ1v) is 12.8. The second-order valence-electron chi connectivity index (χ2n) is 11.0. The van der Waals surface area contributed by atoms with Crippen LogP contribution in [0.4, 0.5) is 0 Å². The number of aliphatic hydroxyl groups is 1. The van der Waals surface area contributed by atoms with Crippen molar-refractivity contribution in [3.05, 3.63) is 64.7 Å². The van der Waals surface area contributed by atoms with E-state index in [-0.39, 0.29) is 28.9 Å². The number of aliphatic hydroxyl groups excluding tert-OH is 1. The molecule has 1 aliphatic carbocycles. The molecule has 192 valence electrons. The van der Waals surface area contributed by atoms with Gasteiger partial charge >= 0.3 is 0 Å². The third-order valence-corrected chi connectivity index (χ3v) is 7.02. The van der Waals surface area contributed by atoms with Gasteiger partial charge in [0.15, 0.2) is 0 Å². The molecule has 1 unspecified atom stereocenters. The highest BCUT2D eigenvalue weighted by Crippen LogP contribution is 2.44. The molecular weight excluding hydrogens is 454 g/mol. The molecule has 0 spiro atoms. The molecule has 1 N–H and O–H groups in total. The topological polar surface area (TPSA) is 76.1 Å². The van der Waals surface area contributed by atoms with E-state index in [9.17, 15) is 14.7 Å². The Kier molecular flexibility index (Phi) is 7.17. The van der Waals surface area contributed by atoms with Crippen LogP contribution in [-0.2, 0) is 15.0 Å². The standard InChI is InChI=1S/C30H37NO5/c1-18(2)36-22-13-9-10-19(16-22)26-25(28(33)29(34)31(26)21-11-7-8-12-21)27(32)20-14-15-24(35-6)23(17-20)30(3,4)5/h9-10,13-18,21,26,32H,7-8,11-12H2,1-6H3/b27-25+. The van der Waals surface area contributed by atoms with E-state index in [1.165, 1.54) is 0 Å². The van der Waals surface area contributed by atoms with Crippen LogP contribution in [-0.4, -0.2) is 41.0 Å². The molecular formula is C30H37NO5. The number of ketones is 1. The lowest BCUT2D eigenvalue weighted by Crippen LogP contribution is -2.37. The lowest BCUT2D eigenvalue weighted by Gasteiger charge is -2.31. The molecule has 36 heavy (non-hydrogen) atoms. The first-order valence-electron chi connectivity index (χ1n) is 12.8. The number of Topliss-reactive ketones (excluding diaryl/α,β-unsaturated/α-hetero) is 1. The number of benzene rings is 2. The van der Waals surface area contributed by atoms with Crippen molar-refractivity contribution in [3.63, 3.8) is 0 Å². The Labute approximate surface area is 213 Å². The van der Waals surface area contributed by atoms with Crippen molar-refractivity contribution >= 4 is 17.4 Å². The molecule has 1 amide bonds. The Morgan fingerprint density at radius 3 is 2.36 bits per heavy atom. The van der Waals surface area contributed by atoms with Gasteiger partial charge in [0.1, 0.15) is 17.3 Å². The highest BCUT2D eigenvalue weighted by molar-refractivity contribution is 6.46. The summed E-state index contributed by atoms with van der Waals surface area (Å²) < 4.78 is 11.5. The van der Waals surface area contributed by atoms with Gasteiger partial charge in [-0.2, -0.15) is 0 Å². The molecule has 6 nitrogen and oxygen atoms in total. The van der Waals surface area contributed by atoms with E-state index in [1.807, 2.05) is 44.2 Å². The van der Waals surface area contributed by atoms with Crippen molar-refractivity contribution in [2.75, 3.05) is 7.11 Å². The van der Waals surface area contributed by atoms with Crippen molar-refractivity contribution in [3.8, 4) is 11.5 Å². The number of nitrogens with zero attached hydrogens (tertiary/aromatic N) is 1. The third kappa shape index (κ3) is 4.86. The van der Waals surface area contributed by atoms with Gasteiger partial charge in [-0.15, -0.1) is 0 Å². The maximum atomic E-state index is 13.5. The van der Waals surface area contributed by atoms with Gasteiger partial charge in [-0.1, -0.05) is 45.7 Å². The van der Waals surface area contributed by atoms with Gasteiger partial charge in [0.2, 0.25) is 0 Å². The van der Waals surface area contributed by atoms with Gasteiger partial charge in [-0.25, -0.2) is 0 Å². The van der Waals surface area contributed by atoms with Crippen LogP contribution < -0.4 is 9.47 Å². The minimum absolute atomic E-state index is 0.0171. The average Bonchev–Trinajstić information content (AvgIpc) is 3.44. The van der Waals surface area contributed by atoms with Gasteiger partial charge in [-0.05, 0) is 68.0 Å². The normalized spacial score (nSPS) is 20.4. The summed E-state index contributed by atoms with van der Waals surface area (Å²) in [5, 5.41) is 11.6. The fourth-order valence-electron chi connectivity index (χ4n) is 5.36. The van der Waals surface area contributed by atoms with Gasteiger partial charge in [0, 0.05) is 17.2 Å². The molecule has 0 aromatic heterocycles. The highest BCUT2D eigenvalue weighted by atomic mass is 16.5. The quantitative estimate of drug-likeness (QED) is 0.298. The molecule has 4 rings (SSSR count). The first-order chi connectivity index (χ1) is 17.0. The second-order valence-corrected chi connectivity index (χ2v) is 11.0. The van der Waals surface area contributed by atoms with E-state index in [0.717, 1.165) is 36.8 Å². The highest BCUT2D eigenvalue weighted by Gasteiger charge is 2.49. The number of hydrogen-bond donors (Lipinski definition) is 1. The molecule has 1 aliphatic heterocycles. The molecule has 1 atom stereocenters. The van der Waals surface area contributed by atoms with Crippen LogP contribution in [0.3, 0.4) is 0 Å². The summed E-state index contributed by atoms with van der Waals surface area (Å²) in [7, 11) is 1.61. The van der Waals surface area contributed by atoms with E-state index in [2.05, 4.69) is 20.8 Å². The number of ether oxygens (including phenoxy) is 2. The van der Waals surface area contributed by atoms with E-state index < -0.39 is 17.7 Å². The Balaban J connectivity index is 1.90. The van der Waals surface area contributed by atoms with Crippen LogP contribution >= 0.6 is 0 Å². The zero-order chi connectivity index (χ0) is 26.2. The van der Waals surface area contributed by atoms with Crippen LogP contribution in [0, 0.1) is 0 Å². The lowest BCUT2D eigenvalue weighted by molar-refractivity contribution is -0.141. The van der Waals surface area contributed by atoms with Gasteiger partial charge in [0.05, 0.1) is 24.8 Å². The molecule has 1 heterocycles. The monoisotopic (exact) mass is 491 g/mol. The van der Waals surface area contributed by atoms with Gasteiger partial charge in [0.25, 0.3) is 11.7 Å². The van der Waals surface area contributed by atoms with Crippen LogP contribution in [0.25, 0.3) is 5.76 Å². The van der Waals surface area contributed by atoms with E-state index in [1.54, 1.807) is 24.1 Å². The summed E-state index contributed by atoms with van der Waals surface area (Å²) in [6, 6.07) is 12.2. The fraction of sp³-hybridized carbons (Fsp3) is 0.467. The first kappa shape index (κ1) is 25.8. The van der Waals surface area contributed by atoms with Crippen molar-refractivity contribution in [1.29, 1.82) is 0 Å². The molecule has 6 heteroatoms. The Morgan fingerprint density at radius 1 is 1.06 bits per heavy atom. The number of carbonyl (C=O) groups excluding carboxylic acids is 2. The van der Waals surface area contributed by atoms with E-state index >= 15 is 0 Å². The number of methoxy groups -OCH3 is 1. The van der Waals surface area contributed by atoms with Crippen molar-refractivity contribution in [1.82, 2.24) is 4.90 Å². The van der Waals surface area contributed by atoms with Crippen molar-refractivity contribution < 1.29 is 24.2 Å². The number of hydrogen-bond acceptors (Lipinski definition) is 5. The van der Waals surface area contributed by atoms with Crippen LogP contribution in [0.5, 0.6) is 11.5 Å². The van der Waals surface area contributed by atoms with Crippen molar-refractivity contribution in [2.24, 2.45) is 0 Å². The maximum Gasteiger partial charge on any atom is 0.295 e. The van der Waals surface area contributed by atoms with E-state index in [0.29, 0.717) is 17.1 Å². The zero-order valence-corrected chi connectivity index (χ0v) is 22.1. The molecule has 2 aromatic rings. The maximum absolute atomic E-state index is 13.5. The van der Waals surface area contributed by atoms with Gasteiger partial charge in [-0.3, -0.25) is 9.59 Å². The number of rotatable bonds is 6. The predicted octanol–water partition coefficient (Wildman–Crippen LogP) is 6.14. The summed E-state index contributed by atoms with van der Waals surface area (Å²) in [4.78, 5) is 28.6. The van der Waals surface area contributed by atoms with Crippen LogP contribution in [0.15, 0.2) is 48.0 Å². The molecule has 0 bridgehead atoms.